The molecule has 1 atom stereocenters. The Bertz CT molecular complexity index is 944. The smallest absolute Gasteiger partial charge is 0.213 e. The van der Waals surface area contributed by atoms with Gasteiger partial charge in [-0.05, 0) is 17.7 Å². The van der Waals surface area contributed by atoms with Crippen LogP contribution in [-0.4, -0.2) is 9.03 Å². The zero-order valence-corrected chi connectivity index (χ0v) is 15.1. The molecular weight excluding hydrogens is 411 g/mol. The van der Waals surface area contributed by atoms with Crippen LogP contribution in [-0.2, 0) is 6.54 Å². The predicted octanol–water partition coefficient (Wildman–Crippen LogP) is 4.33. The van der Waals surface area contributed by atoms with Crippen LogP contribution in [0.2, 0.25) is 0 Å². The molecule has 0 aliphatic heterocycles. The van der Waals surface area contributed by atoms with E-state index in [1.54, 1.807) is 6.07 Å². The molecule has 4 heteroatoms. The van der Waals surface area contributed by atoms with E-state index in [-0.39, 0.29) is 9.67 Å². The van der Waals surface area contributed by atoms with Gasteiger partial charge in [-0.3, -0.25) is 0 Å². The second-order valence-corrected chi connectivity index (χ2v) is 6.93. The number of hydrogen-bond donors (Lipinski definition) is 1. The molecule has 0 bridgehead atoms. The number of aromatic nitrogens is 1. The van der Waals surface area contributed by atoms with Crippen molar-refractivity contribution in [2.75, 3.05) is 0 Å². The number of aromatic hydroxyl groups is 1. The molecule has 0 amide bonds. The van der Waals surface area contributed by atoms with Crippen molar-refractivity contribution in [2.24, 2.45) is 0 Å². The Morgan fingerprint density at radius 2 is 1.75 bits per heavy atom. The van der Waals surface area contributed by atoms with Gasteiger partial charge < -0.3 is 5.11 Å². The molecule has 0 aliphatic carbocycles. The largest absolute Gasteiger partial charge is 0.507 e. The minimum absolute atomic E-state index is 0.0707. The predicted molar refractivity (Wildman–Crippen MR) is 105 cm³/mol. The van der Waals surface area contributed by atoms with Gasteiger partial charge in [-0.1, -0.05) is 65.1 Å². The average molecular weight is 427 g/mol. The zero-order valence-electron chi connectivity index (χ0n) is 12.9. The normalized spacial score (nSPS) is 12.3. The number of benzene rings is 2. The Hall–Kier alpha value is -2.39. The van der Waals surface area contributed by atoms with Gasteiger partial charge in [0.15, 0.2) is 16.7 Å². The SMILES string of the molecule is N#CC(I)C[n+]1ccc(C=Cc2ccccc2O)c2ccccc21. The number of hydrogen-bond acceptors (Lipinski definition) is 2. The van der Waals surface area contributed by atoms with Crippen molar-refractivity contribution in [1.82, 2.24) is 0 Å². The average Bonchev–Trinajstić information content (AvgIpc) is 2.62. The molecule has 0 spiro atoms. The summed E-state index contributed by atoms with van der Waals surface area (Å²) in [7, 11) is 0. The lowest BCUT2D eigenvalue weighted by atomic mass is 10.1. The molecule has 0 saturated carbocycles. The van der Waals surface area contributed by atoms with Crippen LogP contribution >= 0.6 is 22.6 Å². The minimum atomic E-state index is -0.0707. The van der Waals surface area contributed by atoms with Crippen molar-refractivity contribution in [1.29, 1.82) is 5.26 Å². The molecule has 118 valence electrons. The highest BCUT2D eigenvalue weighted by Gasteiger charge is 2.15. The first-order valence-electron chi connectivity index (χ1n) is 7.60. The van der Waals surface area contributed by atoms with E-state index < -0.39 is 0 Å². The molecule has 3 nitrogen and oxygen atoms in total. The maximum absolute atomic E-state index is 9.89. The fourth-order valence-corrected chi connectivity index (χ4v) is 3.06. The van der Waals surface area contributed by atoms with Gasteiger partial charge in [-0.25, -0.2) is 0 Å². The number of alkyl halides is 1. The summed E-state index contributed by atoms with van der Waals surface area (Å²) in [6, 6.07) is 19.7. The number of phenols is 1. The molecule has 0 radical (unpaired) electrons. The Morgan fingerprint density at radius 3 is 2.54 bits per heavy atom. The summed E-state index contributed by atoms with van der Waals surface area (Å²) in [5.74, 6) is 0.269. The molecule has 1 heterocycles. The molecule has 0 fully saturated rings. The molecule has 2 aromatic carbocycles. The fraction of sp³-hybridized carbons (Fsp3) is 0.100. The highest BCUT2D eigenvalue weighted by molar-refractivity contribution is 14.1. The second-order valence-electron chi connectivity index (χ2n) is 5.43. The highest BCUT2D eigenvalue weighted by atomic mass is 127. The molecule has 1 N–H and O–H groups in total. The highest BCUT2D eigenvalue weighted by Crippen LogP contribution is 2.21. The summed E-state index contributed by atoms with van der Waals surface area (Å²) in [6.45, 7) is 0.654. The Balaban J connectivity index is 2.03. The summed E-state index contributed by atoms with van der Waals surface area (Å²) in [5, 5.41) is 20.1. The lowest BCUT2D eigenvalue weighted by Gasteiger charge is -2.05. The monoisotopic (exact) mass is 427 g/mol. The summed E-state index contributed by atoms with van der Waals surface area (Å²) >= 11 is 2.15. The van der Waals surface area contributed by atoms with E-state index in [2.05, 4.69) is 45.4 Å². The number of nitrogens with zero attached hydrogens (tertiary/aromatic N) is 2. The molecule has 1 aromatic heterocycles. The summed E-state index contributed by atoms with van der Waals surface area (Å²) in [6.07, 6.45) is 5.93. The van der Waals surface area contributed by atoms with Crippen molar-refractivity contribution in [3.63, 3.8) is 0 Å². The van der Waals surface area contributed by atoms with E-state index in [0.717, 1.165) is 22.0 Å². The molecule has 0 aliphatic rings. The van der Waals surface area contributed by atoms with Gasteiger partial charge >= 0.3 is 0 Å². The van der Waals surface area contributed by atoms with E-state index in [9.17, 15) is 5.11 Å². The first-order chi connectivity index (χ1) is 11.7. The van der Waals surface area contributed by atoms with Crippen LogP contribution in [0, 0.1) is 11.3 Å². The van der Waals surface area contributed by atoms with Gasteiger partial charge in [-0.15, -0.1) is 0 Å². The van der Waals surface area contributed by atoms with E-state index in [1.165, 1.54) is 0 Å². The van der Waals surface area contributed by atoms with Gasteiger partial charge in [0, 0.05) is 17.7 Å². The summed E-state index contributed by atoms with van der Waals surface area (Å²) in [4.78, 5) is 0. The molecule has 0 saturated heterocycles. The van der Waals surface area contributed by atoms with E-state index in [1.807, 2.05) is 54.7 Å². The van der Waals surface area contributed by atoms with Gasteiger partial charge in [0.1, 0.15) is 5.75 Å². The van der Waals surface area contributed by atoms with Gasteiger partial charge in [0.2, 0.25) is 5.52 Å². The van der Waals surface area contributed by atoms with Crippen LogP contribution in [0.4, 0.5) is 0 Å². The van der Waals surface area contributed by atoms with Crippen LogP contribution in [0.1, 0.15) is 11.1 Å². The van der Waals surface area contributed by atoms with Crippen molar-refractivity contribution in [3.8, 4) is 11.8 Å². The van der Waals surface area contributed by atoms with Crippen LogP contribution in [0.15, 0.2) is 60.8 Å². The first kappa shape index (κ1) is 16.5. The van der Waals surface area contributed by atoms with Gasteiger partial charge in [0.25, 0.3) is 0 Å². The number of fused-ring (bicyclic) bond motifs is 1. The lowest BCUT2D eigenvalue weighted by Crippen LogP contribution is -2.38. The maximum Gasteiger partial charge on any atom is 0.213 e. The summed E-state index contributed by atoms with van der Waals surface area (Å²) < 4.78 is 2.03. The quantitative estimate of drug-likeness (QED) is 0.383. The minimum Gasteiger partial charge on any atom is -0.507 e. The van der Waals surface area contributed by atoms with Crippen LogP contribution < -0.4 is 4.57 Å². The fourth-order valence-electron chi connectivity index (χ4n) is 2.63. The van der Waals surface area contributed by atoms with Crippen molar-refractivity contribution < 1.29 is 9.67 Å². The summed E-state index contributed by atoms with van der Waals surface area (Å²) in [5.41, 5.74) is 2.95. The van der Waals surface area contributed by atoms with Crippen molar-refractivity contribution in [2.45, 2.75) is 10.5 Å². The molecular formula is C20H16IN2O+. The van der Waals surface area contributed by atoms with E-state index in [0.29, 0.717) is 6.54 Å². The molecule has 3 aromatic rings. The first-order valence-corrected chi connectivity index (χ1v) is 8.84. The third-order valence-electron chi connectivity index (χ3n) is 3.83. The zero-order chi connectivity index (χ0) is 16.9. The third kappa shape index (κ3) is 3.57. The van der Waals surface area contributed by atoms with E-state index in [4.69, 9.17) is 5.26 Å². The number of rotatable bonds is 4. The maximum atomic E-state index is 9.89. The van der Waals surface area contributed by atoms with E-state index >= 15 is 0 Å². The van der Waals surface area contributed by atoms with Gasteiger partial charge in [0.05, 0.1) is 11.5 Å². The van der Waals surface area contributed by atoms with Crippen LogP contribution in [0.25, 0.3) is 23.1 Å². The lowest BCUT2D eigenvalue weighted by molar-refractivity contribution is -0.668. The van der Waals surface area contributed by atoms with Crippen molar-refractivity contribution >= 4 is 45.6 Å². The van der Waals surface area contributed by atoms with Crippen molar-refractivity contribution in [3.05, 3.63) is 71.9 Å². The number of nitriles is 1. The number of phenolic OH excluding ortho intramolecular Hbond substituents is 1. The van der Waals surface area contributed by atoms with Crippen LogP contribution in [0.5, 0.6) is 5.75 Å². The number of para-hydroxylation sites is 2. The number of halogens is 1. The molecule has 24 heavy (non-hydrogen) atoms. The Kier molecular flexibility index (Phi) is 5.11. The second kappa shape index (κ2) is 7.45. The van der Waals surface area contributed by atoms with Crippen LogP contribution in [0.3, 0.4) is 0 Å². The third-order valence-corrected chi connectivity index (χ3v) is 4.51. The standard InChI is InChI=1S/C20H15IN2O/c21-17(13-22)14-23-12-11-15(18-6-2-3-7-19(18)23)9-10-16-5-1-4-8-20(16)24/h1-12,17H,14H2/p+1. The molecule has 3 rings (SSSR count). The topological polar surface area (TPSA) is 47.9 Å². The number of pyridine rings is 1. The Morgan fingerprint density at radius 1 is 1.04 bits per heavy atom. The van der Waals surface area contributed by atoms with Gasteiger partial charge in [-0.2, -0.15) is 9.83 Å². The molecule has 1 unspecified atom stereocenters. The Labute approximate surface area is 154 Å².